The van der Waals surface area contributed by atoms with Gasteiger partial charge in [-0.15, -0.1) is 0 Å². The maximum Gasteiger partial charge on any atom is 0.183 e. The van der Waals surface area contributed by atoms with E-state index in [0.29, 0.717) is 11.6 Å². The summed E-state index contributed by atoms with van der Waals surface area (Å²) >= 11 is 0. The smallest absolute Gasteiger partial charge is 0.183 e. The van der Waals surface area contributed by atoms with Gasteiger partial charge in [0.1, 0.15) is 6.07 Å². The molecule has 4 heteroatoms. The maximum atomic E-state index is 9.13. The Labute approximate surface area is 136 Å². The highest BCUT2D eigenvalue weighted by molar-refractivity contribution is 5.81. The monoisotopic (exact) mass is 304 g/mol. The van der Waals surface area contributed by atoms with Crippen molar-refractivity contribution >= 4 is 11.4 Å². The Morgan fingerprint density at radius 2 is 2.13 bits per heavy atom. The van der Waals surface area contributed by atoms with Gasteiger partial charge in [-0.25, -0.2) is 9.97 Å². The number of nitriles is 1. The van der Waals surface area contributed by atoms with Gasteiger partial charge in [-0.05, 0) is 49.3 Å². The number of nitrogen functional groups attached to an aromatic ring is 1. The molecule has 1 aliphatic rings. The first-order valence-electron chi connectivity index (χ1n) is 7.85. The van der Waals surface area contributed by atoms with E-state index in [9.17, 15) is 0 Å². The fourth-order valence-corrected chi connectivity index (χ4v) is 3.26. The number of hydrogen-bond acceptors (Lipinski definition) is 4. The first-order valence-corrected chi connectivity index (χ1v) is 7.85. The molecule has 3 rings (SSSR count). The van der Waals surface area contributed by atoms with E-state index in [4.69, 9.17) is 11.0 Å². The van der Waals surface area contributed by atoms with Crippen LogP contribution in [0.4, 0.5) is 5.82 Å². The van der Waals surface area contributed by atoms with Gasteiger partial charge in [-0.2, -0.15) is 5.26 Å². The van der Waals surface area contributed by atoms with Gasteiger partial charge in [-0.3, -0.25) is 0 Å². The topological polar surface area (TPSA) is 75.6 Å². The molecule has 0 spiro atoms. The zero-order valence-corrected chi connectivity index (χ0v) is 13.6. The minimum atomic E-state index is 0.163. The van der Waals surface area contributed by atoms with Gasteiger partial charge in [0.05, 0.1) is 11.9 Å². The van der Waals surface area contributed by atoms with Crippen molar-refractivity contribution in [1.82, 2.24) is 9.97 Å². The van der Waals surface area contributed by atoms with E-state index >= 15 is 0 Å². The van der Waals surface area contributed by atoms with E-state index in [-0.39, 0.29) is 11.5 Å². The summed E-state index contributed by atoms with van der Waals surface area (Å²) < 4.78 is 0. The third kappa shape index (κ3) is 2.59. The number of allylic oxidation sites excluding steroid dienone is 1. The summed E-state index contributed by atoms with van der Waals surface area (Å²) in [5.41, 5.74) is 12.2. The number of hydrogen-bond donors (Lipinski definition) is 1. The lowest BCUT2D eigenvalue weighted by Gasteiger charge is -2.29. The molecule has 1 aliphatic carbocycles. The third-order valence-electron chi connectivity index (χ3n) is 4.66. The van der Waals surface area contributed by atoms with Crippen LogP contribution < -0.4 is 5.73 Å². The van der Waals surface area contributed by atoms with Crippen LogP contribution in [0.2, 0.25) is 0 Å². The predicted molar refractivity (Wildman–Crippen MR) is 92.6 cm³/mol. The van der Waals surface area contributed by atoms with E-state index in [1.54, 1.807) is 6.20 Å². The van der Waals surface area contributed by atoms with Gasteiger partial charge in [0.15, 0.2) is 11.5 Å². The van der Waals surface area contributed by atoms with Crippen LogP contribution in [0, 0.1) is 18.3 Å². The maximum absolute atomic E-state index is 9.13. The van der Waals surface area contributed by atoms with Gasteiger partial charge in [0, 0.05) is 5.56 Å². The van der Waals surface area contributed by atoms with E-state index < -0.39 is 0 Å². The second-order valence-electron chi connectivity index (χ2n) is 6.21. The Morgan fingerprint density at radius 3 is 2.70 bits per heavy atom. The van der Waals surface area contributed by atoms with Crippen LogP contribution in [-0.4, -0.2) is 9.97 Å². The Hall–Kier alpha value is -2.67. The van der Waals surface area contributed by atoms with Crippen molar-refractivity contribution in [3.05, 3.63) is 47.3 Å². The molecule has 0 amide bonds. The lowest BCUT2D eigenvalue weighted by molar-refractivity contribution is 0.418. The lowest BCUT2D eigenvalue weighted by Crippen LogP contribution is -2.11. The van der Waals surface area contributed by atoms with Crippen molar-refractivity contribution in [2.24, 2.45) is 0 Å². The number of nitrogens with zero attached hydrogens (tertiary/aromatic N) is 3. The van der Waals surface area contributed by atoms with Gasteiger partial charge in [-0.1, -0.05) is 30.7 Å². The highest BCUT2D eigenvalue weighted by Crippen LogP contribution is 2.41. The molecule has 23 heavy (non-hydrogen) atoms. The molecule has 1 aromatic carbocycles. The first-order chi connectivity index (χ1) is 11.0. The second-order valence-corrected chi connectivity index (χ2v) is 6.21. The van der Waals surface area contributed by atoms with E-state index in [0.717, 1.165) is 16.7 Å². The summed E-state index contributed by atoms with van der Waals surface area (Å²) in [5, 5.41) is 9.13. The second kappa shape index (κ2) is 5.85. The van der Waals surface area contributed by atoms with Crippen LogP contribution in [0.15, 0.2) is 24.9 Å². The molecular formula is C19H20N4. The molecule has 0 aliphatic heterocycles. The fraction of sp³-hybridized carbons (Fsp3) is 0.316. The molecule has 2 aromatic rings. The molecule has 1 saturated carbocycles. The predicted octanol–water partition coefficient (Wildman–Crippen LogP) is 4.21. The van der Waals surface area contributed by atoms with E-state index in [2.05, 4.69) is 35.6 Å². The highest BCUT2D eigenvalue weighted by Gasteiger charge is 2.24. The Morgan fingerprint density at radius 1 is 1.39 bits per heavy atom. The summed E-state index contributed by atoms with van der Waals surface area (Å²) in [6.07, 6.45) is 5.45. The third-order valence-corrected chi connectivity index (χ3v) is 4.66. The first kappa shape index (κ1) is 15.2. The molecule has 0 saturated heterocycles. The van der Waals surface area contributed by atoms with Gasteiger partial charge in [0.25, 0.3) is 0 Å². The Bertz CT molecular complexity index is 826. The number of anilines is 1. The molecule has 1 aromatic heterocycles. The summed E-state index contributed by atoms with van der Waals surface area (Å²) in [6, 6.07) is 6.26. The molecule has 0 bridgehead atoms. The van der Waals surface area contributed by atoms with Crippen molar-refractivity contribution in [3.63, 3.8) is 0 Å². The highest BCUT2D eigenvalue weighted by atomic mass is 14.9. The molecule has 0 unspecified atom stereocenters. The van der Waals surface area contributed by atoms with Crippen molar-refractivity contribution < 1.29 is 0 Å². The summed E-state index contributed by atoms with van der Waals surface area (Å²) in [4.78, 5) is 8.47. The molecule has 0 radical (unpaired) electrons. The number of nitrogens with two attached hydrogens (primary N) is 1. The van der Waals surface area contributed by atoms with E-state index in [1.807, 2.05) is 13.0 Å². The average Bonchev–Trinajstić information content (AvgIpc) is 2.47. The van der Waals surface area contributed by atoms with Crippen LogP contribution in [0.1, 0.15) is 54.5 Å². The zero-order chi connectivity index (χ0) is 16.6. The molecular weight excluding hydrogens is 284 g/mol. The molecule has 0 atom stereocenters. The summed E-state index contributed by atoms with van der Waals surface area (Å²) in [5.74, 6) is 0.824. The van der Waals surface area contributed by atoms with Gasteiger partial charge < -0.3 is 5.73 Å². The summed E-state index contributed by atoms with van der Waals surface area (Å²) in [6.45, 7) is 8.30. The van der Waals surface area contributed by atoms with Crippen molar-refractivity contribution in [1.29, 1.82) is 5.26 Å². The molecule has 2 N–H and O–H groups in total. The molecule has 116 valence electrons. The number of benzene rings is 1. The van der Waals surface area contributed by atoms with Gasteiger partial charge in [0.2, 0.25) is 0 Å². The van der Waals surface area contributed by atoms with Crippen LogP contribution in [0.3, 0.4) is 0 Å². The largest absolute Gasteiger partial charge is 0.381 e. The van der Waals surface area contributed by atoms with Crippen molar-refractivity contribution in [3.8, 4) is 17.3 Å². The normalized spacial score (nSPS) is 14.1. The molecule has 4 nitrogen and oxygen atoms in total. The molecule has 1 heterocycles. The van der Waals surface area contributed by atoms with Crippen LogP contribution in [0.25, 0.3) is 16.8 Å². The number of aromatic nitrogens is 2. The van der Waals surface area contributed by atoms with Crippen LogP contribution in [0.5, 0.6) is 0 Å². The SMILES string of the molecule is C=C(C)c1c(-c2cnc(N)c(C#N)n2)ccc(C2CCC2)c1C. The van der Waals surface area contributed by atoms with Crippen LogP contribution >= 0.6 is 0 Å². The summed E-state index contributed by atoms with van der Waals surface area (Å²) in [7, 11) is 0. The minimum absolute atomic E-state index is 0.163. The average molecular weight is 304 g/mol. The van der Waals surface area contributed by atoms with Crippen molar-refractivity contribution in [2.45, 2.75) is 39.0 Å². The Balaban J connectivity index is 2.18. The van der Waals surface area contributed by atoms with E-state index in [1.165, 1.54) is 30.4 Å². The lowest BCUT2D eigenvalue weighted by atomic mass is 9.76. The fourth-order valence-electron chi connectivity index (χ4n) is 3.26. The Kier molecular flexibility index (Phi) is 3.87. The quantitative estimate of drug-likeness (QED) is 0.921. The van der Waals surface area contributed by atoms with Crippen LogP contribution in [-0.2, 0) is 0 Å². The van der Waals surface area contributed by atoms with Gasteiger partial charge >= 0.3 is 0 Å². The zero-order valence-electron chi connectivity index (χ0n) is 13.6. The standard InChI is InChI=1S/C19H20N4/c1-11(2)18-12(3)14(13-5-4-6-13)7-8-15(18)17-10-22-19(21)16(9-20)23-17/h7-8,10,13H,1,4-6H2,2-3H3,(H2,21,22). The van der Waals surface area contributed by atoms with Crippen molar-refractivity contribution in [2.75, 3.05) is 5.73 Å². The number of rotatable bonds is 3. The molecule has 1 fully saturated rings. The minimum Gasteiger partial charge on any atom is -0.381 e.